The zero-order valence-corrected chi connectivity index (χ0v) is 16.6. The van der Waals surface area contributed by atoms with Crippen LogP contribution in [0.25, 0.3) is 11.7 Å². The number of thioether (sulfide) groups is 1. The molecule has 140 valence electrons. The number of rotatable bonds is 4. The summed E-state index contributed by atoms with van der Waals surface area (Å²) in [5.41, 5.74) is 0.740. The lowest BCUT2D eigenvalue weighted by Gasteiger charge is -2.21. The van der Waals surface area contributed by atoms with E-state index in [1.54, 1.807) is 29.3 Å². The van der Waals surface area contributed by atoms with Crippen molar-refractivity contribution in [3.63, 3.8) is 0 Å². The fourth-order valence-electron chi connectivity index (χ4n) is 3.62. The van der Waals surface area contributed by atoms with Crippen LogP contribution in [-0.4, -0.2) is 37.1 Å². The van der Waals surface area contributed by atoms with Crippen molar-refractivity contribution in [1.82, 2.24) is 14.3 Å². The Morgan fingerprint density at radius 1 is 1.33 bits per heavy atom. The summed E-state index contributed by atoms with van der Waals surface area (Å²) in [6.45, 7) is 2.57. The zero-order valence-electron chi connectivity index (χ0n) is 15.0. The Bertz CT molecular complexity index is 1010. The minimum Gasteiger partial charge on any atom is -0.370 e. The first-order valence-electron chi connectivity index (χ1n) is 9.12. The molecule has 1 saturated heterocycles. The number of nitrogens with one attached hydrogen (secondary N) is 1. The van der Waals surface area contributed by atoms with Gasteiger partial charge in [-0.1, -0.05) is 42.9 Å². The minimum absolute atomic E-state index is 0.100. The van der Waals surface area contributed by atoms with Crippen molar-refractivity contribution in [3.05, 3.63) is 45.2 Å². The summed E-state index contributed by atoms with van der Waals surface area (Å²) in [5.74, 6) is 0.386. The minimum atomic E-state index is -0.206. The van der Waals surface area contributed by atoms with E-state index in [-0.39, 0.29) is 17.5 Å². The summed E-state index contributed by atoms with van der Waals surface area (Å²) < 4.78 is 2.07. The number of anilines is 1. The average Bonchev–Trinajstić information content (AvgIpc) is 3.27. The number of thiocarbonyl (C=S) groups is 1. The second-order valence-electron chi connectivity index (χ2n) is 6.63. The van der Waals surface area contributed by atoms with Gasteiger partial charge in [0, 0.05) is 18.8 Å². The van der Waals surface area contributed by atoms with Gasteiger partial charge in [0.05, 0.1) is 10.5 Å². The molecule has 2 fully saturated rings. The summed E-state index contributed by atoms with van der Waals surface area (Å²) in [7, 11) is 0. The van der Waals surface area contributed by atoms with E-state index in [9.17, 15) is 9.59 Å². The lowest BCUT2D eigenvalue weighted by molar-refractivity contribution is -0.123. The topological polar surface area (TPSA) is 66.7 Å². The molecule has 6 nitrogen and oxygen atoms in total. The van der Waals surface area contributed by atoms with Gasteiger partial charge in [0.25, 0.3) is 11.5 Å². The van der Waals surface area contributed by atoms with Gasteiger partial charge in [-0.2, -0.15) is 0 Å². The van der Waals surface area contributed by atoms with Crippen LogP contribution in [0.5, 0.6) is 0 Å². The van der Waals surface area contributed by atoms with Crippen LogP contribution >= 0.6 is 24.0 Å². The van der Waals surface area contributed by atoms with E-state index in [0.717, 1.165) is 25.7 Å². The molecule has 1 aliphatic carbocycles. The third-order valence-corrected chi connectivity index (χ3v) is 6.23. The molecule has 3 heterocycles. The van der Waals surface area contributed by atoms with Gasteiger partial charge in [0.2, 0.25) is 0 Å². The predicted octanol–water partition coefficient (Wildman–Crippen LogP) is 3.27. The molecular formula is C19H20N4O2S2. The molecule has 1 amide bonds. The molecule has 1 aliphatic heterocycles. The van der Waals surface area contributed by atoms with Gasteiger partial charge in [0.15, 0.2) is 0 Å². The highest BCUT2D eigenvalue weighted by atomic mass is 32.2. The van der Waals surface area contributed by atoms with Gasteiger partial charge in [-0.3, -0.25) is 18.9 Å². The largest absolute Gasteiger partial charge is 0.370 e. The fourth-order valence-corrected chi connectivity index (χ4v) is 5.01. The number of hydrogen-bond acceptors (Lipinski definition) is 6. The van der Waals surface area contributed by atoms with Crippen molar-refractivity contribution in [2.45, 2.75) is 38.6 Å². The van der Waals surface area contributed by atoms with E-state index in [1.807, 2.05) is 13.0 Å². The van der Waals surface area contributed by atoms with Gasteiger partial charge in [-0.15, -0.1) is 0 Å². The number of fused-ring (bicyclic) bond motifs is 1. The van der Waals surface area contributed by atoms with Crippen LogP contribution in [0.4, 0.5) is 5.82 Å². The van der Waals surface area contributed by atoms with Crippen LogP contribution in [-0.2, 0) is 4.79 Å². The zero-order chi connectivity index (χ0) is 19.0. The number of pyridine rings is 1. The number of nitrogens with zero attached hydrogens (tertiary/aromatic N) is 3. The summed E-state index contributed by atoms with van der Waals surface area (Å²) >= 11 is 6.72. The lowest BCUT2D eigenvalue weighted by atomic mass is 10.2. The standard InChI is InChI=1S/C19H20N4O2S2/c1-2-20-16-13(17(24)22-10-6-5-9-15(22)21-16)11-14-18(25)23(19(26)27-14)12-7-3-4-8-12/h5-6,9-12,20H,2-4,7-8H2,1H3. The molecule has 2 aliphatic rings. The van der Waals surface area contributed by atoms with Crippen molar-refractivity contribution in [2.24, 2.45) is 0 Å². The SMILES string of the molecule is CCNc1nc2ccccn2c(=O)c1C=C1SC(=S)N(C2CCCC2)C1=O. The van der Waals surface area contributed by atoms with Crippen LogP contribution in [0.1, 0.15) is 38.2 Å². The Balaban J connectivity index is 1.79. The van der Waals surface area contributed by atoms with Gasteiger partial charge < -0.3 is 5.32 Å². The van der Waals surface area contributed by atoms with Crippen molar-refractivity contribution >= 4 is 51.7 Å². The van der Waals surface area contributed by atoms with Crippen LogP contribution in [0.2, 0.25) is 0 Å². The van der Waals surface area contributed by atoms with E-state index < -0.39 is 0 Å². The van der Waals surface area contributed by atoms with Crippen molar-refractivity contribution < 1.29 is 4.79 Å². The van der Waals surface area contributed by atoms with Crippen LogP contribution in [0, 0.1) is 0 Å². The monoisotopic (exact) mass is 400 g/mol. The average molecular weight is 401 g/mol. The van der Waals surface area contributed by atoms with E-state index in [4.69, 9.17) is 12.2 Å². The molecule has 2 aromatic heterocycles. The molecule has 0 atom stereocenters. The van der Waals surface area contributed by atoms with Gasteiger partial charge in [-0.05, 0) is 38.0 Å². The molecule has 4 rings (SSSR count). The van der Waals surface area contributed by atoms with Gasteiger partial charge in [0.1, 0.15) is 15.8 Å². The third kappa shape index (κ3) is 3.27. The summed E-state index contributed by atoms with van der Waals surface area (Å²) in [6.07, 6.45) is 7.55. The van der Waals surface area contributed by atoms with E-state index in [2.05, 4.69) is 10.3 Å². The molecule has 0 unspecified atom stereocenters. The second-order valence-corrected chi connectivity index (χ2v) is 8.30. The molecule has 2 aromatic rings. The second kappa shape index (κ2) is 7.44. The molecule has 0 bridgehead atoms. The molecule has 1 saturated carbocycles. The Morgan fingerprint density at radius 2 is 2.11 bits per heavy atom. The maximum Gasteiger partial charge on any atom is 0.267 e. The molecule has 1 N–H and O–H groups in total. The Labute approximate surface area is 166 Å². The van der Waals surface area contributed by atoms with E-state index >= 15 is 0 Å². The maximum atomic E-state index is 13.0. The van der Waals surface area contributed by atoms with E-state index in [0.29, 0.717) is 32.8 Å². The molecular weight excluding hydrogens is 380 g/mol. The molecule has 0 radical (unpaired) electrons. The fraction of sp³-hybridized carbons (Fsp3) is 0.368. The number of hydrogen-bond donors (Lipinski definition) is 1. The van der Waals surface area contributed by atoms with Crippen LogP contribution in [0.15, 0.2) is 34.1 Å². The lowest BCUT2D eigenvalue weighted by Crippen LogP contribution is -2.36. The number of carbonyl (C=O) groups is 1. The first kappa shape index (κ1) is 18.2. The Kier molecular flexibility index (Phi) is 5.01. The highest BCUT2D eigenvalue weighted by Gasteiger charge is 2.38. The third-order valence-electron chi connectivity index (χ3n) is 4.90. The summed E-state index contributed by atoms with van der Waals surface area (Å²) in [5, 5.41) is 3.14. The van der Waals surface area contributed by atoms with Crippen LogP contribution < -0.4 is 10.9 Å². The highest BCUT2D eigenvalue weighted by molar-refractivity contribution is 8.26. The molecule has 0 spiro atoms. The van der Waals surface area contributed by atoms with Crippen LogP contribution in [0.3, 0.4) is 0 Å². The predicted molar refractivity (Wildman–Crippen MR) is 113 cm³/mol. The quantitative estimate of drug-likeness (QED) is 0.628. The summed E-state index contributed by atoms with van der Waals surface area (Å²) in [4.78, 5) is 32.7. The maximum absolute atomic E-state index is 13.0. The normalized spacial score (nSPS) is 19.6. The van der Waals surface area contributed by atoms with Crippen molar-refractivity contribution in [2.75, 3.05) is 11.9 Å². The van der Waals surface area contributed by atoms with Crippen molar-refractivity contribution in [3.8, 4) is 0 Å². The Hall–Kier alpha value is -2.19. The highest BCUT2D eigenvalue weighted by Crippen LogP contribution is 2.38. The number of aromatic nitrogens is 2. The molecule has 27 heavy (non-hydrogen) atoms. The van der Waals surface area contributed by atoms with Gasteiger partial charge in [-0.25, -0.2) is 4.98 Å². The molecule has 8 heteroatoms. The number of amides is 1. The number of carbonyl (C=O) groups excluding carboxylic acids is 1. The summed E-state index contributed by atoms with van der Waals surface area (Å²) in [6, 6.07) is 5.59. The van der Waals surface area contributed by atoms with Crippen molar-refractivity contribution in [1.29, 1.82) is 0 Å². The van der Waals surface area contributed by atoms with Gasteiger partial charge >= 0.3 is 0 Å². The molecule has 0 aromatic carbocycles. The smallest absolute Gasteiger partial charge is 0.267 e. The first-order valence-corrected chi connectivity index (χ1v) is 10.3. The first-order chi connectivity index (χ1) is 13.1. The Morgan fingerprint density at radius 3 is 2.85 bits per heavy atom. The van der Waals surface area contributed by atoms with E-state index in [1.165, 1.54) is 16.2 Å².